The van der Waals surface area contributed by atoms with Crippen LogP contribution in [0.3, 0.4) is 0 Å². The molecule has 0 spiro atoms. The lowest BCUT2D eigenvalue weighted by Gasteiger charge is -2.05. The zero-order valence-electron chi connectivity index (χ0n) is 10.3. The third-order valence-electron chi connectivity index (χ3n) is 3.05. The predicted octanol–water partition coefficient (Wildman–Crippen LogP) is 3.86. The van der Waals surface area contributed by atoms with Crippen molar-refractivity contribution in [3.05, 3.63) is 64.1 Å². The van der Waals surface area contributed by atoms with Crippen molar-refractivity contribution >= 4 is 27.0 Å². The van der Waals surface area contributed by atoms with Gasteiger partial charge in [-0.3, -0.25) is 0 Å². The average molecular weight is 330 g/mol. The molecule has 1 aromatic carbocycles. The van der Waals surface area contributed by atoms with E-state index in [1.165, 1.54) is 12.1 Å². The van der Waals surface area contributed by atoms with E-state index in [4.69, 9.17) is 5.26 Å². The molecular weight excluding hydrogens is 321 g/mol. The van der Waals surface area contributed by atoms with Crippen LogP contribution in [0.25, 0.3) is 11.0 Å². The highest BCUT2D eigenvalue weighted by molar-refractivity contribution is 9.10. The number of rotatable bonds is 2. The molecule has 3 nitrogen and oxygen atoms in total. The molecule has 0 unspecified atom stereocenters. The Bertz CT molecular complexity index is 833. The molecule has 2 aromatic heterocycles. The van der Waals surface area contributed by atoms with Crippen LogP contribution in [0.15, 0.2) is 47.2 Å². The summed E-state index contributed by atoms with van der Waals surface area (Å²) in [4.78, 5) is 4.40. The van der Waals surface area contributed by atoms with E-state index in [9.17, 15) is 4.39 Å². The molecule has 0 saturated heterocycles. The highest BCUT2D eigenvalue weighted by Crippen LogP contribution is 2.22. The molecule has 0 atom stereocenters. The number of aromatic nitrogens is 2. The molecule has 0 aliphatic heterocycles. The quantitative estimate of drug-likeness (QED) is 0.670. The van der Waals surface area contributed by atoms with E-state index >= 15 is 0 Å². The molecule has 0 aliphatic rings. The summed E-state index contributed by atoms with van der Waals surface area (Å²) >= 11 is 3.33. The van der Waals surface area contributed by atoms with Gasteiger partial charge in [0.2, 0.25) is 0 Å². The van der Waals surface area contributed by atoms with Gasteiger partial charge in [0.25, 0.3) is 0 Å². The standard InChI is InChI=1S/C15H9BrFN3/c16-14-5-4-13-11(7-18)9-20(15(13)19-14)8-10-2-1-3-12(17)6-10/h1-6,9H,8H2. The Morgan fingerprint density at radius 2 is 2.15 bits per heavy atom. The smallest absolute Gasteiger partial charge is 0.142 e. The van der Waals surface area contributed by atoms with Crippen LogP contribution < -0.4 is 0 Å². The van der Waals surface area contributed by atoms with E-state index in [1.54, 1.807) is 18.3 Å². The molecule has 0 saturated carbocycles. The topological polar surface area (TPSA) is 41.6 Å². The monoisotopic (exact) mass is 329 g/mol. The fourth-order valence-corrected chi connectivity index (χ4v) is 2.48. The molecular formula is C15H9BrFN3. The minimum absolute atomic E-state index is 0.270. The third kappa shape index (κ3) is 2.30. The lowest BCUT2D eigenvalue weighted by molar-refractivity contribution is 0.624. The highest BCUT2D eigenvalue weighted by Gasteiger charge is 2.10. The maximum atomic E-state index is 13.2. The largest absolute Gasteiger partial charge is 0.327 e. The Morgan fingerprint density at radius 3 is 2.90 bits per heavy atom. The summed E-state index contributed by atoms with van der Waals surface area (Å²) in [5.41, 5.74) is 2.10. The summed E-state index contributed by atoms with van der Waals surface area (Å²) in [6, 6.07) is 12.2. The van der Waals surface area contributed by atoms with Crippen molar-refractivity contribution in [1.82, 2.24) is 9.55 Å². The predicted molar refractivity (Wildman–Crippen MR) is 77.7 cm³/mol. The molecule has 2 heterocycles. The Morgan fingerprint density at radius 1 is 1.30 bits per heavy atom. The van der Waals surface area contributed by atoms with Gasteiger partial charge in [-0.05, 0) is 45.8 Å². The molecule has 0 radical (unpaired) electrons. The van der Waals surface area contributed by atoms with Gasteiger partial charge in [0, 0.05) is 18.1 Å². The first-order chi connectivity index (χ1) is 9.67. The Hall–Kier alpha value is -2.19. The summed E-state index contributed by atoms with van der Waals surface area (Å²) in [5.74, 6) is -0.270. The molecule has 3 aromatic rings. The summed E-state index contributed by atoms with van der Waals surface area (Å²) < 4.78 is 15.8. The number of hydrogen-bond donors (Lipinski definition) is 0. The fourth-order valence-electron chi connectivity index (χ4n) is 2.18. The summed E-state index contributed by atoms with van der Waals surface area (Å²) in [6.07, 6.45) is 1.75. The van der Waals surface area contributed by atoms with E-state index in [-0.39, 0.29) is 5.82 Å². The van der Waals surface area contributed by atoms with E-state index in [2.05, 4.69) is 27.0 Å². The number of benzene rings is 1. The zero-order valence-corrected chi connectivity index (χ0v) is 11.9. The first-order valence-electron chi connectivity index (χ1n) is 5.97. The van der Waals surface area contributed by atoms with Gasteiger partial charge in [-0.2, -0.15) is 5.26 Å². The first kappa shape index (κ1) is 12.8. The lowest BCUT2D eigenvalue weighted by atomic mass is 10.2. The number of fused-ring (bicyclic) bond motifs is 1. The number of hydrogen-bond acceptors (Lipinski definition) is 2. The highest BCUT2D eigenvalue weighted by atomic mass is 79.9. The van der Waals surface area contributed by atoms with Crippen molar-refractivity contribution < 1.29 is 4.39 Å². The van der Waals surface area contributed by atoms with E-state index in [1.807, 2.05) is 16.7 Å². The fraction of sp³-hybridized carbons (Fsp3) is 0.0667. The average Bonchev–Trinajstić information content (AvgIpc) is 2.76. The van der Waals surface area contributed by atoms with Crippen LogP contribution in [-0.2, 0) is 6.54 Å². The van der Waals surface area contributed by atoms with Crippen molar-refractivity contribution in [3.8, 4) is 6.07 Å². The first-order valence-corrected chi connectivity index (χ1v) is 6.76. The van der Waals surface area contributed by atoms with Crippen molar-refractivity contribution in [2.45, 2.75) is 6.54 Å². The molecule has 98 valence electrons. The normalized spacial score (nSPS) is 10.7. The Balaban J connectivity index is 2.12. The second kappa shape index (κ2) is 5.06. The van der Waals surface area contributed by atoms with E-state index in [0.29, 0.717) is 22.4 Å². The SMILES string of the molecule is N#Cc1cn(Cc2cccc(F)c2)c2nc(Br)ccc12. The molecule has 3 rings (SSSR count). The zero-order chi connectivity index (χ0) is 14.1. The van der Waals surface area contributed by atoms with Crippen LogP contribution in [0.1, 0.15) is 11.1 Å². The second-order valence-electron chi connectivity index (χ2n) is 4.42. The number of halogens is 2. The second-order valence-corrected chi connectivity index (χ2v) is 5.23. The molecule has 0 aliphatic carbocycles. The van der Waals surface area contributed by atoms with Crippen LogP contribution in [0.2, 0.25) is 0 Å². The molecule has 0 bridgehead atoms. The van der Waals surface area contributed by atoms with Crippen LogP contribution in [0, 0.1) is 17.1 Å². The number of nitrogens with zero attached hydrogens (tertiary/aromatic N) is 3. The van der Waals surface area contributed by atoms with Gasteiger partial charge in [-0.1, -0.05) is 12.1 Å². The van der Waals surface area contributed by atoms with Gasteiger partial charge in [0.15, 0.2) is 0 Å². The van der Waals surface area contributed by atoms with Gasteiger partial charge >= 0.3 is 0 Å². The molecule has 20 heavy (non-hydrogen) atoms. The van der Waals surface area contributed by atoms with E-state index < -0.39 is 0 Å². The summed E-state index contributed by atoms with van der Waals surface area (Å²) in [5, 5.41) is 9.96. The Kier molecular flexibility index (Phi) is 3.25. The maximum absolute atomic E-state index is 13.2. The van der Waals surface area contributed by atoms with E-state index in [0.717, 1.165) is 10.9 Å². The summed E-state index contributed by atoms with van der Waals surface area (Å²) in [7, 11) is 0. The minimum Gasteiger partial charge on any atom is -0.327 e. The molecule has 5 heteroatoms. The van der Waals surface area contributed by atoms with Crippen LogP contribution in [0.4, 0.5) is 4.39 Å². The van der Waals surface area contributed by atoms with Crippen molar-refractivity contribution in [2.75, 3.05) is 0 Å². The van der Waals surface area contributed by atoms with Crippen LogP contribution in [0.5, 0.6) is 0 Å². The molecule has 0 amide bonds. The lowest BCUT2D eigenvalue weighted by Crippen LogP contribution is -1.99. The van der Waals surface area contributed by atoms with Gasteiger partial charge in [-0.25, -0.2) is 9.37 Å². The maximum Gasteiger partial charge on any atom is 0.142 e. The number of nitriles is 1. The minimum atomic E-state index is -0.270. The van der Waals surface area contributed by atoms with Gasteiger partial charge in [0.1, 0.15) is 22.1 Å². The van der Waals surface area contributed by atoms with Gasteiger partial charge < -0.3 is 4.57 Å². The van der Waals surface area contributed by atoms with Crippen molar-refractivity contribution in [2.24, 2.45) is 0 Å². The molecule has 0 fully saturated rings. The molecule has 0 N–H and O–H groups in total. The van der Waals surface area contributed by atoms with Crippen LogP contribution >= 0.6 is 15.9 Å². The van der Waals surface area contributed by atoms with Crippen molar-refractivity contribution in [3.63, 3.8) is 0 Å². The van der Waals surface area contributed by atoms with Crippen LogP contribution in [-0.4, -0.2) is 9.55 Å². The summed E-state index contributed by atoms with van der Waals surface area (Å²) in [6.45, 7) is 0.472. The van der Waals surface area contributed by atoms with Gasteiger partial charge in [-0.15, -0.1) is 0 Å². The van der Waals surface area contributed by atoms with Gasteiger partial charge in [0.05, 0.1) is 5.56 Å². The number of pyridine rings is 1. The Labute approximate surface area is 123 Å². The van der Waals surface area contributed by atoms with Crippen molar-refractivity contribution in [1.29, 1.82) is 5.26 Å². The third-order valence-corrected chi connectivity index (χ3v) is 3.49.